The lowest BCUT2D eigenvalue weighted by Gasteiger charge is -2.04. The number of aldehydes is 1. The lowest BCUT2D eigenvalue weighted by Crippen LogP contribution is -2.07. The zero-order chi connectivity index (χ0) is 18.4. The molecule has 0 atom stereocenters. The Morgan fingerprint density at radius 2 is 1.35 bits per heavy atom. The van der Waals surface area contributed by atoms with E-state index < -0.39 is 5.97 Å². The van der Waals surface area contributed by atoms with Crippen LogP contribution in [0.3, 0.4) is 0 Å². The number of nitrogens with zero attached hydrogens (tertiary/aromatic N) is 2. The van der Waals surface area contributed by atoms with Crippen molar-refractivity contribution in [3.63, 3.8) is 0 Å². The normalized spacial score (nSPS) is 10.7. The first kappa shape index (κ1) is 17.2. The zero-order valence-corrected chi connectivity index (χ0v) is 14.1. The van der Waals surface area contributed by atoms with E-state index in [4.69, 9.17) is 4.74 Å². The fraction of sp³-hybridized carbons (Fsp3) is 0.0476. The van der Waals surface area contributed by atoms with E-state index in [2.05, 4.69) is 10.2 Å². The maximum absolute atomic E-state index is 12.1. The number of rotatable bonds is 5. The molecule has 0 bridgehead atoms. The molecule has 0 unspecified atom stereocenters. The molecule has 3 aromatic rings. The van der Waals surface area contributed by atoms with Gasteiger partial charge in [-0.2, -0.15) is 10.2 Å². The summed E-state index contributed by atoms with van der Waals surface area (Å²) in [6.07, 6.45) is 0.773. The Kier molecular flexibility index (Phi) is 5.29. The van der Waals surface area contributed by atoms with Gasteiger partial charge in [0.2, 0.25) is 0 Å². The molecule has 26 heavy (non-hydrogen) atoms. The summed E-state index contributed by atoms with van der Waals surface area (Å²) in [4.78, 5) is 22.8. The number of carbonyl (C=O) groups excluding carboxylic acids is 2. The second-order valence-corrected chi connectivity index (χ2v) is 5.66. The minimum atomic E-state index is -0.429. The maximum Gasteiger partial charge on any atom is 0.343 e. The summed E-state index contributed by atoms with van der Waals surface area (Å²) in [5.74, 6) is 0.0740. The Morgan fingerprint density at radius 1 is 0.808 bits per heavy atom. The van der Waals surface area contributed by atoms with Crippen molar-refractivity contribution < 1.29 is 14.3 Å². The van der Waals surface area contributed by atoms with Crippen LogP contribution in [0.15, 0.2) is 83.0 Å². The van der Waals surface area contributed by atoms with Gasteiger partial charge >= 0.3 is 5.97 Å². The number of aryl methyl sites for hydroxylation is 1. The average Bonchev–Trinajstić information content (AvgIpc) is 2.69. The van der Waals surface area contributed by atoms with Gasteiger partial charge in [0.1, 0.15) is 12.0 Å². The number of benzene rings is 3. The van der Waals surface area contributed by atoms with Crippen molar-refractivity contribution in [2.75, 3.05) is 0 Å². The van der Waals surface area contributed by atoms with E-state index in [1.54, 1.807) is 60.7 Å². The zero-order valence-electron chi connectivity index (χ0n) is 14.1. The van der Waals surface area contributed by atoms with Gasteiger partial charge in [-0.25, -0.2) is 4.79 Å². The summed E-state index contributed by atoms with van der Waals surface area (Å²) in [7, 11) is 0. The summed E-state index contributed by atoms with van der Waals surface area (Å²) in [6.45, 7) is 1.97. The average molecular weight is 344 g/mol. The molecule has 0 saturated heterocycles. The molecule has 3 aromatic carbocycles. The minimum Gasteiger partial charge on any atom is -0.423 e. The molecular weight excluding hydrogens is 328 g/mol. The van der Waals surface area contributed by atoms with Crippen LogP contribution < -0.4 is 4.74 Å². The third kappa shape index (κ3) is 4.48. The molecule has 0 saturated carbocycles. The van der Waals surface area contributed by atoms with Crippen LogP contribution in [0.25, 0.3) is 0 Å². The summed E-state index contributed by atoms with van der Waals surface area (Å²) in [5, 5.41) is 8.21. The van der Waals surface area contributed by atoms with Crippen molar-refractivity contribution in [2.24, 2.45) is 10.2 Å². The van der Waals surface area contributed by atoms with Crippen LogP contribution in [0.2, 0.25) is 0 Å². The highest BCUT2D eigenvalue weighted by Gasteiger charge is 2.08. The van der Waals surface area contributed by atoms with Gasteiger partial charge in [-0.3, -0.25) is 4.79 Å². The first-order valence-corrected chi connectivity index (χ1v) is 8.00. The number of carbonyl (C=O) groups is 2. The van der Waals surface area contributed by atoms with Crippen molar-refractivity contribution >= 4 is 23.6 Å². The van der Waals surface area contributed by atoms with E-state index >= 15 is 0 Å². The summed E-state index contributed by atoms with van der Waals surface area (Å²) < 4.78 is 5.32. The Bertz CT molecular complexity index is 929. The quantitative estimate of drug-likeness (QED) is 0.268. The second kappa shape index (κ2) is 7.98. The van der Waals surface area contributed by atoms with Gasteiger partial charge in [-0.1, -0.05) is 17.7 Å². The monoisotopic (exact) mass is 344 g/mol. The molecule has 0 N–H and O–H groups in total. The van der Waals surface area contributed by atoms with Crippen LogP contribution in [0.4, 0.5) is 11.4 Å². The third-order valence-electron chi connectivity index (χ3n) is 3.64. The number of ether oxygens (including phenoxy) is 1. The van der Waals surface area contributed by atoms with E-state index in [0.29, 0.717) is 28.3 Å². The molecule has 0 aliphatic heterocycles. The molecule has 0 amide bonds. The van der Waals surface area contributed by atoms with Crippen LogP contribution in [0.5, 0.6) is 5.75 Å². The van der Waals surface area contributed by atoms with Crippen LogP contribution in [0, 0.1) is 6.92 Å². The minimum absolute atomic E-state index is 0.429. The fourth-order valence-corrected chi connectivity index (χ4v) is 2.17. The lowest BCUT2D eigenvalue weighted by atomic mass is 10.2. The molecule has 5 nitrogen and oxygen atoms in total. The number of esters is 1. The first-order chi connectivity index (χ1) is 12.6. The summed E-state index contributed by atoms with van der Waals surface area (Å²) >= 11 is 0. The molecule has 3 rings (SSSR count). The van der Waals surface area contributed by atoms with Crippen molar-refractivity contribution in [3.8, 4) is 5.75 Å². The number of hydrogen-bond acceptors (Lipinski definition) is 5. The highest BCUT2D eigenvalue weighted by molar-refractivity contribution is 5.91. The Balaban J connectivity index is 1.65. The van der Waals surface area contributed by atoms with E-state index in [1.807, 2.05) is 19.1 Å². The smallest absolute Gasteiger partial charge is 0.343 e. The highest BCUT2D eigenvalue weighted by Crippen LogP contribution is 2.20. The van der Waals surface area contributed by atoms with Crippen molar-refractivity contribution in [3.05, 3.63) is 89.5 Å². The number of azo groups is 1. The van der Waals surface area contributed by atoms with Gasteiger partial charge in [0.05, 0.1) is 16.9 Å². The molecular formula is C21H16N2O3. The predicted molar refractivity (Wildman–Crippen MR) is 98.6 cm³/mol. The standard InChI is InChI=1S/C21H16N2O3/c1-15-2-12-20(13-3-15)26-21(25)17-6-10-19(11-7-17)23-22-18-8-4-16(14-24)5-9-18/h2-14H,1H3. The van der Waals surface area contributed by atoms with E-state index in [0.717, 1.165) is 11.8 Å². The third-order valence-corrected chi connectivity index (χ3v) is 3.64. The molecule has 128 valence electrons. The van der Waals surface area contributed by atoms with Crippen LogP contribution in [-0.2, 0) is 0 Å². The van der Waals surface area contributed by atoms with E-state index in [1.165, 1.54) is 0 Å². The van der Waals surface area contributed by atoms with Gasteiger partial charge in [-0.05, 0) is 67.6 Å². The molecule has 0 radical (unpaired) electrons. The molecule has 5 heteroatoms. The van der Waals surface area contributed by atoms with Crippen LogP contribution >= 0.6 is 0 Å². The highest BCUT2D eigenvalue weighted by atomic mass is 16.5. The van der Waals surface area contributed by atoms with E-state index in [-0.39, 0.29) is 0 Å². The van der Waals surface area contributed by atoms with Gasteiger partial charge in [0, 0.05) is 5.56 Å². The Labute approximate surface area is 151 Å². The van der Waals surface area contributed by atoms with Crippen LogP contribution in [-0.4, -0.2) is 12.3 Å². The molecule has 0 aliphatic rings. The van der Waals surface area contributed by atoms with Gasteiger partial charge < -0.3 is 4.74 Å². The molecule has 0 fully saturated rings. The second-order valence-electron chi connectivity index (χ2n) is 5.66. The molecule has 0 heterocycles. The summed E-state index contributed by atoms with van der Waals surface area (Å²) in [6, 6.07) is 20.7. The SMILES string of the molecule is Cc1ccc(OC(=O)c2ccc(N=Nc3ccc(C=O)cc3)cc2)cc1. The Hall–Kier alpha value is -3.60. The van der Waals surface area contributed by atoms with Gasteiger partial charge in [0.25, 0.3) is 0 Å². The molecule has 0 spiro atoms. The lowest BCUT2D eigenvalue weighted by molar-refractivity contribution is 0.0734. The summed E-state index contributed by atoms with van der Waals surface area (Å²) in [5.41, 5.74) is 3.36. The van der Waals surface area contributed by atoms with Gasteiger partial charge in [-0.15, -0.1) is 0 Å². The van der Waals surface area contributed by atoms with Crippen molar-refractivity contribution in [1.82, 2.24) is 0 Å². The first-order valence-electron chi connectivity index (χ1n) is 8.00. The number of hydrogen-bond donors (Lipinski definition) is 0. The van der Waals surface area contributed by atoms with Crippen molar-refractivity contribution in [1.29, 1.82) is 0 Å². The van der Waals surface area contributed by atoms with Gasteiger partial charge in [0.15, 0.2) is 0 Å². The molecule has 0 aromatic heterocycles. The van der Waals surface area contributed by atoms with E-state index in [9.17, 15) is 9.59 Å². The Morgan fingerprint density at radius 3 is 1.88 bits per heavy atom. The topological polar surface area (TPSA) is 68.1 Å². The fourth-order valence-electron chi connectivity index (χ4n) is 2.17. The van der Waals surface area contributed by atoms with Crippen LogP contribution in [0.1, 0.15) is 26.3 Å². The molecule has 0 aliphatic carbocycles. The predicted octanol–water partition coefficient (Wildman–Crippen LogP) is 5.44. The largest absolute Gasteiger partial charge is 0.423 e. The van der Waals surface area contributed by atoms with Crippen molar-refractivity contribution in [2.45, 2.75) is 6.92 Å². The maximum atomic E-state index is 12.1.